The summed E-state index contributed by atoms with van der Waals surface area (Å²) in [5.74, 6) is 1.09. The molecule has 1 heterocycles. The van der Waals surface area contributed by atoms with Crippen LogP contribution in [0.15, 0.2) is 0 Å². The summed E-state index contributed by atoms with van der Waals surface area (Å²) in [5.41, 5.74) is 0. The zero-order chi connectivity index (χ0) is 11.3. The highest BCUT2D eigenvalue weighted by atomic mass is 16.1. The molecular weight excluding hydrogens is 188 g/mol. The third-order valence-electron chi connectivity index (χ3n) is 2.99. The van der Waals surface area contributed by atoms with E-state index in [-0.39, 0.29) is 11.8 Å². The third kappa shape index (κ3) is 4.65. The van der Waals surface area contributed by atoms with Gasteiger partial charge in [0.25, 0.3) is 0 Å². The van der Waals surface area contributed by atoms with Gasteiger partial charge in [0, 0.05) is 25.6 Å². The maximum atomic E-state index is 11.3. The summed E-state index contributed by atoms with van der Waals surface area (Å²) in [4.78, 5) is 13.8. The summed E-state index contributed by atoms with van der Waals surface area (Å²) in [6.07, 6.45) is 2.66. The van der Waals surface area contributed by atoms with E-state index in [2.05, 4.69) is 17.1 Å². The fourth-order valence-electron chi connectivity index (χ4n) is 2.03. The molecule has 1 unspecified atom stereocenters. The SMILES string of the molecule is CC1CCCN(CCNC(=O)C(C)C)C1. The standard InChI is InChI=1S/C12H24N2O/c1-10(2)12(15)13-6-8-14-7-4-5-11(3)9-14/h10-11H,4-9H2,1-3H3,(H,13,15). The quantitative estimate of drug-likeness (QED) is 0.766. The van der Waals surface area contributed by atoms with Crippen LogP contribution in [0.25, 0.3) is 0 Å². The van der Waals surface area contributed by atoms with Gasteiger partial charge in [0.15, 0.2) is 0 Å². The molecule has 3 heteroatoms. The number of piperidine rings is 1. The van der Waals surface area contributed by atoms with Crippen molar-refractivity contribution in [2.24, 2.45) is 11.8 Å². The van der Waals surface area contributed by atoms with Crippen LogP contribution < -0.4 is 5.32 Å². The van der Waals surface area contributed by atoms with Gasteiger partial charge in [-0.1, -0.05) is 20.8 Å². The molecule has 1 fully saturated rings. The average molecular weight is 212 g/mol. The summed E-state index contributed by atoms with van der Waals surface area (Å²) in [6.45, 7) is 10.3. The third-order valence-corrected chi connectivity index (χ3v) is 2.99. The van der Waals surface area contributed by atoms with Gasteiger partial charge in [-0.15, -0.1) is 0 Å². The monoisotopic (exact) mass is 212 g/mol. The number of carbonyl (C=O) groups is 1. The molecule has 1 amide bonds. The molecule has 1 atom stereocenters. The van der Waals surface area contributed by atoms with E-state index in [0.717, 1.165) is 19.0 Å². The molecule has 3 nitrogen and oxygen atoms in total. The van der Waals surface area contributed by atoms with Gasteiger partial charge in [0.1, 0.15) is 0 Å². The summed E-state index contributed by atoms with van der Waals surface area (Å²) in [5, 5.41) is 2.96. The molecular formula is C12H24N2O. The normalized spacial score (nSPS) is 23.1. The molecule has 15 heavy (non-hydrogen) atoms. The predicted octanol–water partition coefficient (Wildman–Crippen LogP) is 1.49. The second-order valence-corrected chi connectivity index (χ2v) is 4.99. The largest absolute Gasteiger partial charge is 0.355 e. The summed E-state index contributed by atoms with van der Waals surface area (Å²) in [7, 11) is 0. The first-order valence-corrected chi connectivity index (χ1v) is 6.09. The molecule has 0 radical (unpaired) electrons. The highest BCUT2D eigenvalue weighted by molar-refractivity contribution is 5.77. The number of amides is 1. The van der Waals surface area contributed by atoms with Crippen LogP contribution in [0.1, 0.15) is 33.6 Å². The average Bonchev–Trinajstić information content (AvgIpc) is 2.17. The highest BCUT2D eigenvalue weighted by Gasteiger charge is 2.15. The molecule has 0 saturated carbocycles. The van der Waals surface area contributed by atoms with Crippen LogP contribution in [0.5, 0.6) is 0 Å². The molecule has 1 saturated heterocycles. The van der Waals surface area contributed by atoms with Crippen molar-refractivity contribution < 1.29 is 4.79 Å². The van der Waals surface area contributed by atoms with Crippen LogP contribution >= 0.6 is 0 Å². The van der Waals surface area contributed by atoms with Crippen LogP contribution in [-0.2, 0) is 4.79 Å². The van der Waals surface area contributed by atoms with E-state index in [1.807, 2.05) is 13.8 Å². The van der Waals surface area contributed by atoms with Crippen molar-refractivity contribution >= 4 is 5.91 Å². The molecule has 0 aromatic heterocycles. The fourth-order valence-corrected chi connectivity index (χ4v) is 2.03. The van der Waals surface area contributed by atoms with Gasteiger partial charge in [-0.05, 0) is 25.3 Å². The van der Waals surface area contributed by atoms with E-state index < -0.39 is 0 Å². The Kier molecular flexibility index (Phi) is 5.09. The molecule has 88 valence electrons. The van der Waals surface area contributed by atoms with Gasteiger partial charge < -0.3 is 10.2 Å². The second kappa shape index (κ2) is 6.11. The number of nitrogens with zero attached hydrogens (tertiary/aromatic N) is 1. The van der Waals surface area contributed by atoms with Crippen molar-refractivity contribution in [3.63, 3.8) is 0 Å². The fraction of sp³-hybridized carbons (Fsp3) is 0.917. The Bertz CT molecular complexity index is 204. The zero-order valence-corrected chi connectivity index (χ0v) is 10.3. The minimum atomic E-state index is 0.102. The lowest BCUT2D eigenvalue weighted by atomic mass is 10.0. The Hall–Kier alpha value is -0.570. The van der Waals surface area contributed by atoms with Gasteiger partial charge in [0.2, 0.25) is 5.91 Å². The topological polar surface area (TPSA) is 32.3 Å². The minimum Gasteiger partial charge on any atom is -0.355 e. The Labute approximate surface area is 93.2 Å². The van der Waals surface area contributed by atoms with Gasteiger partial charge in [-0.25, -0.2) is 0 Å². The lowest BCUT2D eigenvalue weighted by Crippen LogP contribution is -2.40. The van der Waals surface area contributed by atoms with Crippen molar-refractivity contribution in [3.05, 3.63) is 0 Å². The van der Waals surface area contributed by atoms with E-state index in [4.69, 9.17) is 0 Å². The minimum absolute atomic E-state index is 0.102. The van der Waals surface area contributed by atoms with Crippen LogP contribution in [0.2, 0.25) is 0 Å². The first-order chi connectivity index (χ1) is 7.09. The molecule has 1 aliphatic heterocycles. The Morgan fingerprint density at radius 1 is 1.53 bits per heavy atom. The maximum absolute atomic E-state index is 11.3. The molecule has 0 aromatic rings. The lowest BCUT2D eigenvalue weighted by molar-refractivity contribution is -0.124. The molecule has 0 spiro atoms. The smallest absolute Gasteiger partial charge is 0.222 e. The van der Waals surface area contributed by atoms with Crippen molar-refractivity contribution in [2.45, 2.75) is 33.6 Å². The van der Waals surface area contributed by atoms with Gasteiger partial charge in [-0.3, -0.25) is 4.79 Å². The number of carbonyl (C=O) groups excluding carboxylic acids is 1. The number of rotatable bonds is 4. The molecule has 0 aliphatic carbocycles. The number of hydrogen-bond acceptors (Lipinski definition) is 2. The predicted molar refractivity (Wildman–Crippen MR) is 62.7 cm³/mol. The van der Waals surface area contributed by atoms with Gasteiger partial charge in [-0.2, -0.15) is 0 Å². The first kappa shape index (κ1) is 12.5. The summed E-state index contributed by atoms with van der Waals surface area (Å²) < 4.78 is 0. The zero-order valence-electron chi connectivity index (χ0n) is 10.3. The van der Waals surface area contributed by atoms with Crippen molar-refractivity contribution in [1.82, 2.24) is 10.2 Å². The summed E-state index contributed by atoms with van der Waals surface area (Å²) >= 11 is 0. The molecule has 1 aliphatic rings. The van der Waals surface area contributed by atoms with Crippen LogP contribution in [0.4, 0.5) is 0 Å². The van der Waals surface area contributed by atoms with Crippen LogP contribution in [0, 0.1) is 11.8 Å². The first-order valence-electron chi connectivity index (χ1n) is 6.09. The molecule has 0 aromatic carbocycles. The number of likely N-dealkylation sites (tertiary alicyclic amines) is 1. The van der Waals surface area contributed by atoms with Crippen molar-refractivity contribution in [1.29, 1.82) is 0 Å². The van der Waals surface area contributed by atoms with Crippen LogP contribution in [-0.4, -0.2) is 37.0 Å². The van der Waals surface area contributed by atoms with E-state index in [1.165, 1.54) is 25.9 Å². The van der Waals surface area contributed by atoms with Gasteiger partial charge >= 0.3 is 0 Å². The lowest BCUT2D eigenvalue weighted by Gasteiger charge is -2.30. The van der Waals surface area contributed by atoms with E-state index in [9.17, 15) is 4.79 Å². The Morgan fingerprint density at radius 3 is 2.87 bits per heavy atom. The van der Waals surface area contributed by atoms with Gasteiger partial charge in [0.05, 0.1) is 0 Å². The highest BCUT2D eigenvalue weighted by Crippen LogP contribution is 2.14. The molecule has 1 rings (SSSR count). The Morgan fingerprint density at radius 2 is 2.27 bits per heavy atom. The number of nitrogens with one attached hydrogen (secondary N) is 1. The molecule has 1 N–H and O–H groups in total. The Balaban J connectivity index is 2.11. The van der Waals surface area contributed by atoms with E-state index >= 15 is 0 Å². The van der Waals surface area contributed by atoms with Crippen molar-refractivity contribution in [3.8, 4) is 0 Å². The van der Waals surface area contributed by atoms with E-state index in [1.54, 1.807) is 0 Å². The van der Waals surface area contributed by atoms with Crippen LogP contribution in [0.3, 0.4) is 0 Å². The second-order valence-electron chi connectivity index (χ2n) is 4.99. The maximum Gasteiger partial charge on any atom is 0.222 e. The molecule has 0 bridgehead atoms. The summed E-state index contributed by atoms with van der Waals surface area (Å²) in [6, 6.07) is 0. The van der Waals surface area contributed by atoms with Crippen molar-refractivity contribution in [2.75, 3.05) is 26.2 Å². The van der Waals surface area contributed by atoms with E-state index in [0.29, 0.717) is 0 Å². The number of hydrogen-bond donors (Lipinski definition) is 1.